The van der Waals surface area contributed by atoms with E-state index in [0.29, 0.717) is 10.9 Å². The highest BCUT2D eigenvalue weighted by Gasteiger charge is 2.18. The van der Waals surface area contributed by atoms with Gasteiger partial charge in [-0.25, -0.2) is 0 Å². The van der Waals surface area contributed by atoms with Crippen LogP contribution in [0.4, 0.5) is 0 Å². The molecule has 0 amide bonds. The van der Waals surface area contributed by atoms with Gasteiger partial charge in [0.25, 0.3) is 0 Å². The molecule has 31 heavy (non-hydrogen) atoms. The number of thiophene rings is 1. The number of methoxy groups -OCH3 is 1. The summed E-state index contributed by atoms with van der Waals surface area (Å²) < 4.78 is 9.41. The van der Waals surface area contributed by atoms with Crippen LogP contribution >= 0.6 is 23.1 Å². The molecule has 0 unspecified atom stereocenters. The zero-order chi connectivity index (χ0) is 22.0. The Morgan fingerprint density at radius 2 is 2.00 bits per heavy atom. The highest BCUT2D eigenvalue weighted by molar-refractivity contribution is 7.99. The van der Waals surface area contributed by atoms with Crippen LogP contribution in [0.1, 0.15) is 26.6 Å². The van der Waals surface area contributed by atoms with E-state index in [1.54, 1.807) is 18.4 Å². The minimum absolute atomic E-state index is 0.0986. The summed E-state index contributed by atoms with van der Waals surface area (Å²) in [7, 11) is 3.55. The molecule has 0 atom stereocenters. The van der Waals surface area contributed by atoms with E-state index in [9.17, 15) is 4.79 Å². The zero-order valence-electron chi connectivity index (χ0n) is 18.0. The maximum absolute atomic E-state index is 13.0. The molecule has 4 rings (SSSR count). The second-order valence-electron chi connectivity index (χ2n) is 7.26. The molecule has 0 bridgehead atoms. The average molecular weight is 453 g/mol. The predicted octanol–water partition coefficient (Wildman–Crippen LogP) is 4.99. The van der Waals surface area contributed by atoms with E-state index in [-0.39, 0.29) is 5.78 Å². The number of hydrogen-bond acceptors (Lipinski definition) is 6. The first-order valence-corrected chi connectivity index (χ1v) is 11.7. The lowest BCUT2D eigenvalue weighted by Crippen LogP contribution is -2.07. The number of ether oxygens (including phenoxy) is 1. The molecule has 1 aromatic carbocycles. The SMILES string of the molecule is COc1cccc(-c2nnc(SCC(=O)c3cc(C)n(Cc4cccs4)c3C)n2C)c1. The van der Waals surface area contributed by atoms with Crippen LogP contribution in [-0.4, -0.2) is 38.0 Å². The molecule has 160 valence electrons. The van der Waals surface area contributed by atoms with Gasteiger partial charge in [0.2, 0.25) is 0 Å². The summed E-state index contributed by atoms with van der Waals surface area (Å²) >= 11 is 3.13. The van der Waals surface area contributed by atoms with Gasteiger partial charge in [0.1, 0.15) is 5.75 Å². The number of carbonyl (C=O) groups excluding carboxylic acids is 1. The second kappa shape index (κ2) is 9.11. The number of nitrogens with zero attached hydrogens (tertiary/aromatic N) is 4. The maximum Gasteiger partial charge on any atom is 0.191 e. The van der Waals surface area contributed by atoms with E-state index in [2.05, 4.69) is 32.3 Å². The van der Waals surface area contributed by atoms with Crippen molar-refractivity contribution in [2.45, 2.75) is 25.5 Å². The fourth-order valence-electron chi connectivity index (χ4n) is 3.55. The van der Waals surface area contributed by atoms with Gasteiger partial charge in [-0.3, -0.25) is 4.79 Å². The van der Waals surface area contributed by atoms with Gasteiger partial charge in [-0.15, -0.1) is 21.5 Å². The molecule has 3 heterocycles. The third-order valence-corrected chi connectivity index (χ3v) is 7.14. The van der Waals surface area contributed by atoms with E-state index in [0.717, 1.165) is 40.6 Å². The number of hydrogen-bond donors (Lipinski definition) is 0. The molecule has 0 spiro atoms. The smallest absolute Gasteiger partial charge is 0.191 e. The van der Waals surface area contributed by atoms with Gasteiger partial charge < -0.3 is 13.9 Å². The van der Waals surface area contributed by atoms with Crippen molar-refractivity contribution in [2.24, 2.45) is 7.05 Å². The number of rotatable bonds is 8. The summed E-state index contributed by atoms with van der Waals surface area (Å²) in [5, 5.41) is 11.4. The molecule has 0 fully saturated rings. The van der Waals surface area contributed by atoms with Crippen LogP contribution in [0.3, 0.4) is 0 Å². The Kier molecular flexibility index (Phi) is 6.29. The van der Waals surface area contributed by atoms with Gasteiger partial charge >= 0.3 is 0 Å². The maximum atomic E-state index is 13.0. The number of thioether (sulfide) groups is 1. The van der Waals surface area contributed by atoms with E-state index < -0.39 is 0 Å². The third kappa shape index (κ3) is 4.45. The Labute approximate surface area is 189 Å². The average Bonchev–Trinajstić information content (AvgIpc) is 3.49. The van der Waals surface area contributed by atoms with Crippen molar-refractivity contribution in [1.29, 1.82) is 0 Å². The number of ketones is 1. The van der Waals surface area contributed by atoms with Crippen LogP contribution in [0.25, 0.3) is 11.4 Å². The van der Waals surface area contributed by atoms with Crippen LogP contribution in [0.2, 0.25) is 0 Å². The summed E-state index contributed by atoms with van der Waals surface area (Å²) in [5.41, 5.74) is 3.80. The topological polar surface area (TPSA) is 61.9 Å². The molecular weight excluding hydrogens is 428 g/mol. The van der Waals surface area contributed by atoms with Gasteiger partial charge in [-0.05, 0) is 43.5 Å². The van der Waals surface area contributed by atoms with Gasteiger partial charge in [-0.2, -0.15) is 0 Å². The minimum Gasteiger partial charge on any atom is -0.497 e. The first-order valence-electron chi connectivity index (χ1n) is 9.87. The van der Waals surface area contributed by atoms with Crippen molar-refractivity contribution >= 4 is 28.9 Å². The molecule has 6 nitrogen and oxygen atoms in total. The van der Waals surface area contributed by atoms with Crippen LogP contribution in [0, 0.1) is 13.8 Å². The minimum atomic E-state index is 0.0986. The fraction of sp³-hybridized carbons (Fsp3) is 0.261. The van der Waals surface area contributed by atoms with Crippen molar-refractivity contribution in [2.75, 3.05) is 12.9 Å². The standard InChI is InChI=1S/C23H24N4O2S2/c1-15-11-20(16(2)27(15)13-19-9-6-10-30-19)21(28)14-31-23-25-24-22(26(23)3)17-7-5-8-18(12-17)29-4/h5-12H,13-14H2,1-4H3. The second-order valence-corrected chi connectivity index (χ2v) is 9.23. The number of benzene rings is 1. The normalized spacial score (nSPS) is 11.1. The molecule has 8 heteroatoms. The van der Waals surface area contributed by atoms with Crippen LogP contribution in [0.5, 0.6) is 5.75 Å². The van der Waals surface area contributed by atoms with E-state index >= 15 is 0 Å². The lowest BCUT2D eigenvalue weighted by Gasteiger charge is -2.08. The third-order valence-electron chi connectivity index (χ3n) is 5.26. The van der Waals surface area contributed by atoms with Crippen molar-refractivity contribution in [3.63, 3.8) is 0 Å². The summed E-state index contributed by atoms with van der Waals surface area (Å²) in [6.45, 7) is 4.86. The molecule has 0 saturated heterocycles. The van der Waals surface area contributed by atoms with Crippen molar-refractivity contribution < 1.29 is 9.53 Å². The van der Waals surface area contributed by atoms with Crippen LogP contribution in [-0.2, 0) is 13.6 Å². The molecule has 0 N–H and O–H groups in total. The summed E-state index contributed by atoms with van der Waals surface area (Å²) in [5.74, 6) is 1.92. The zero-order valence-corrected chi connectivity index (χ0v) is 19.6. The fourth-order valence-corrected chi connectivity index (χ4v) is 5.03. The van der Waals surface area contributed by atoms with Gasteiger partial charge in [0.15, 0.2) is 16.8 Å². The Morgan fingerprint density at radius 1 is 1.16 bits per heavy atom. The van der Waals surface area contributed by atoms with Crippen molar-refractivity contribution in [3.8, 4) is 17.1 Å². The number of carbonyl (C=O) groups is 1. The van der Waals surface area contributed by atoms with E-state index in [1.807, 2.05) is 55.8 Å². The lowest BCUT2D eigenvalue weighted by molar-refractivity contribution is 0.102. The lowest BCUT2D eigenvalue weighted by atomic mass is 10.2. The molecule has 0 saturated carbocycles. The molecule has 3 aromatic heterocycles. The first-order chi connectivity index (χ1) is 15.0. The summed E-state index contributed by atoms with van der Waals surface area (Å²) in [6, 6.07) is 13.9. The van der Waals surface area contributed by atoms with E-state index in [4.69, 9.17) is 4.74 Å². The Morgan fingerprint density at radius 3 is 2.74 bits per heavy atom. The van der Waals surface area contributed by atoms with Gasteiger partial charge in [-0.1, -0.05) is 30.0 Å². The summed E-state index contributed by atoms with van der Waals surface area (Å²) in [6.07, 6.45) is 0. The van der Waals surface area contributed by atoms with Crippen molar-refractivity contribution in [3.05, 3.63) is 69.7 Å². The Hall–Kier alpha value is -2.84. The highest BCUT2D eigenvalue weighted by Crippen LogP contribution is 2.27. The molecular formula is C23H24N4O2S2. The molecule has 4 aromatic rings. The quantitative estimate of drug-likeness (QED) is 0.278. The first kappa shape index (κ1) is 21.4. The summed E-state index contributed by atoms with van der Waals surface area (Å²) in [4.78, 5) is 14.3. The largest absolute Gasteiger partial charge is 0.497 e. The molecule has 0 radical (unpaired) electrons. The number of aryl methyl sites for hydroxylation is 1. The Balaban J connectivity index is 1.48. The monoisotopic (exact) mass is 452 g/mol. The molecule has 0 aliphatic carbocycles. The number of aromatic nitrogens is 4. The highest BCUT2D eigenvalue weighted by atomic mass is 32.2. The van der Waals surface area contributed by atoms with Crippen LogP contribution < -0.4 is 4.74 Å². The predicted molar refractivity (Wildman–Crippen MR) is 125 cm³/mol. The van der Waals surface area contributed by atoms with Gasteiger partial charge in [0.05, 0.1) is 19.4 Å². The Bertz CT molecular complexity index is 1210. The molecule has 0 aliphatic heterocycles. The van der Waals surface area contributed by atoms with E-state index in [1.165, 1.54) is 16.6 Å². The number of Topliss-reactive ketones (excluding diaryl/α,β-unsaturated/α-hetero) is 1. The molecule has 0 aliphatic rings. The van der Waals surface area contributed by atoms with Crippen LogP contribution in [0.15, 0.2) is 53.0 Å². The van der Waals surface area contributed by atoms with Gasteiger partial charge in [0, 0.05) is 34.4 Å². The van der Waals surface area contributed by atoms with Crippen molar-refractivity contribution in [1.82, 2.24) is 19.3 Å².